The van der Waals surface area contributed by atoms with Gasteiger partial charge in [0, 0.05) is 10.7 Å². The van der Waals surface area contributed by atoms with E-state index in [1.54, 1.807) is 19.1 Å². The SMILES string of the molecule is CCOC(=O)c1n[nH]c(CNc2cccc(Cl)c2)n1. The van der Waals surface area contributed by atoms with Crippen LogP contribution in [0.3, 0.4) is 0 Å². The van der Waals surface area contributed by atoms with Crippen molar-refractivity contribution in [1.82, 2.24) is 15.2 Å². The fourth-order valence-corrected chi connectivity index (χ4v) is 1.64. The summed E-state index contributed by atoms with van der Waals surface area (Å²) in [6.45, 7) is 2.43. The molecule has 1 heterocycles. The van der Waals surface area contributed by atoms with Crippen molar-refractivity contribution in [2.24, 2.45) is 0 Å². The number of hydrogen-bond donors (Lipinski definition) is 2. The van der Waals surface area contributed by atoms with Gasteiger partial charge in [0.15, 0.2) is 0 Å². The van der Waals surface area contributed by atoms with Crippen molar-refractivity contribution in [2.75, 3.05) is 11.9 Å². The molecule has 0 radical (unpaired) electrons. The number of aromatic amines is 1. The van der Waals surface area contributed by atoms with Gasteiger partial charge < -0.3 is 10.1 Å². The maximum Gasteiger partial charge on any atom is 0.378 e. The summed E-state index contributed by atoms with van der Waals surface area (Å²) in [5.74, 6) is 0.0422. The molecule has 0 spiro atoms. The first-order valence-electron chi connectivity index (χ1n) is 5.77. The number of nitrogens with one attached hydrogen (secondary N) is 2. The van der Waals surface area contributed by atoms with Crippen LogP contribution in [0.25, 0.3) is 0 Å². The number of rotatable bonds is 5. The summed E-state index contributed by atoms with van der Waals surface area (Å²) in [6, 6.07) is 7.31. The van der Waals surface area contributed by atoms with Gasteiger partial charge in [-0.3, -0.25) is 5.10 Å². The summed E-state index contributed by atoms with van der Waals surface area (Å²) in [5, 5.41) is 10.2. The fraction of sp³-hybridized carbons (Fsp3) is 0.250. The highest BCUT2D eigenvalue weighted by molar-refractivity contribution is 6.30. The van der Waals surface area contributed by atoms with E-state index in [1.807, 2.05) is 12.1 Å². The van der Waals surface area contributed by atoms with Crippen LogP contribution < -0.4 is 5.32 Å². The van der Waals surface area contributed by atoms with Crippen molar-refractivity contribution in [3.05, 3.63) is 40.9 Å². The largest absolute Gasteiger partial charge is 0.460 e. The van der Waals surface area contributed by atoms with Gasteiger partial charge in [-0.15, -0.1) is 5.10 Å². The Morgan fingerprint density at radius 1 is 1.53 bits per heavy atom. The Kier molecular flexibility index (Phi) is 4.35. The highest BCUT2D eigenvalue weighted by atomic mass is 35.5. The van der Waals surface area contributed by atoms with Crippen molar-refractivity contribution in [3.8, 4) is 0 Å². The molecule has 1 aromatic carbocycles. The number of nitrogens with zero attached hydrogens (tertiary/aromatic N) is 2. The minimum atomic E-state index is -0.534. The molecule has 2 N–H and O–H groups in total. The lowest BCUT2D eigenvalue weighted by molar-refractivity contribution is 0.0512. The standard InChI is InChI=1S/C12H13ClN4O2/c1-2-19-12(18)11-15-10(16-17-11)7-14-9-5-3-4-8(13)6-9/h3-6,14H,2,7H2,1H3,(H,15,16,17). The molecule has 2 aromatic rings. The van der Waals surface area contributed by atoms with Gasteiger partial charge in [0.25, 0.3) is 5.82 Å². The van der Waals surface area contributed by atoms with Crippen LogP contribution in [0.4, 0.5) is 5.69 Å². The molecule has 0 unspecified atom stereocenters. The summed E-state index contributed by atoms with van der Waals surface area (Å²) >= 11 is 5.87. The van der Waals surface area contributed by atoms with Crippen molar-refractivity contribution in [2.45, 2.75) is 13.5 Å². The second kappa shape index (κ2) is 6.19. The Hall–Kier alpha value is -2.08. The predicted octanol–water partition coefficient (Wildman–Crippen LogP) is 2.25. The number of anilines is 1. The van der Waals surface area contributed by atoms with E-state index in [4.69, 9.17) is 16.3 Å². The van der Waals surface area contributed by atoms with Crippen LogP contribution in [-0.2, 0) is 11.3 Å². The van der Waals surface area contributed by atoms with Crippen LogP contribution in [0.1, 0.15) is 23.4 Å². The minimum Gasteiger partial charge on any atom is -0.460 e. The lowest BCUT2D eigenvalue weighted by atomic mass is 10.3. The second-order valence-corrected chi connectivity index (χ2v) is 4.13. The highest BCUT2D eigenvalue weighted by Gasteiger charge is 2.12. The maximum atomic E-state index is 11.4. The second-order valence-electron chi connectivity index (χ2n) is 3.69. The topological polar surface area (TPSA) is 79.9 Å². The number of carbonyl (C=O) groups excluding carboxylic acids is 1. The number of aromatic nitrogens is 3. The van der Waals surface area contributed by atoms with E-state index in [0.29, 0.717) is 24.0 Å². The van der Waals surface area contributed by atoms with Gasteiger partial charge in [0.1, 0.15) is 5.82 Å². The molecule has 0 aliphatic rings. The van der Waals surface area contributed by atoms with Gasteiger partial charge in [0.05, 0.1) is 13.2 Å². The number of esters is 1. The molecular formula is C12H13ClN4O2. The Morgan fingerprint density at radius 2 is 2.37 bits per heavy atom. The molecule has 1 aromatic heterocycles. The first kappa shape index (κ1) is 13.4. The molecule has 2 rings (SSSR count). The summed E-state index contributed by atoms with van der Waals surface area (Å²) in [4.78, 5) is 15.4. The fourth-order valence-electron chi connectivity index (χ4n) is 1.45. The zero-order valence-corrected chi connectivity index (χ0v) is 11.1. The first-order chi connectivity index (χ1) is 9.19. The highest BCUT2D eigenvalue weighted by Crippen LogP contribution is 2.15. The number of hydrogen-bond acceptors (Lipinski definition) is 5. The number of benzene rings is 1. The lowest BCUT2D eigenvalue weighted by Gasteiger charge is -2.03. The van der Waals surface area contributed by atoms with Crippen LogP contribution in [0.15, 0.2) is 24.3 Å². The molecule has 0 aliphatic carbocycles. The average Bonchev–Trinajstić information content (AvgIpc) is 2.86. The Balaban J connectivity index is 1.95. The lowest BCUT2D eigenvalue weighted by Crippen LogP contribution is -2.07. The zero-order valence-electron chi connectivity index (χ0n) is 10.3. The third-order valence-corrected chi connectivity index (χ3v) is 2.51. The summed E-state index contributed by atoms with van der Waals surface area (Å²) in [6.07, 6.45) is 0. The van der Waals surface area contributed by atoms with E-state index in [1.165, 1.54) is 0 Å². The summed E-state index contributed by atoms with van der Waals surface area (Å²) < 4.78 is 4.80. The van der Waals surface area contributed by atoms with Gasteiger partial charge >= 0.3 is 5.97 Å². The molecule has 100 valence electrons. The molecule has 0 amide bonds. The van der Waals surface area contributed by atoms with E-state index >= 15 is 0 Å². The molecular weight excluding hydrogens is 268 g/mol. The van der Waals surface area contributed by atoms with Crippen LogP contribution in [0.2, 0.25) is 5.02 Å². The molecule has 0 atom stereocenters. The van der Waals surface area contributed by atoms with Crippen LogP contribution >= 0.6 is 11.6 Å². The van der Waals surface area contributed by atoms with Crippen molar-refractivity contribution >= 4 is 23.3 Å². The monoisotopic (exact) mass is 280 g/mol. The van der Waals surface area contributed by atoms with Gasteiger partial charge in [-0.25, -0.2) is 9.78 Å². The average molecular weight is 281 g/mol. The third-order valence-electron chi connectivity index (χ3n) is 2.27. The van der Waals surface area contributed by atoms with Gasteiger partial charge in [-0.1, -0.05) is 17.7 Å². The van der Waals surface area contributed by atoms with E-state index in [-0.39, 0.29) is 5.82 Å². The van der Waals surface area contributed by atoms with Crippen molar-refractivity contribution in [3.63, 3.8) is 0 Å². The van der Waals surface area contributed by atoms with Crippen LogP contribution in [0, 0.1) is 0 Å². The van der Waals surface area contributed by atoms with E-state index < -0.39 is 5.97 Å². The van der Waals surface area contributed by atoms with Crippen molar-refractivity contribution < 1.29 is 9.53 Å². The molecule has 6 nitrogen and oxygen atoms in total. The van der Waals surface area contributed by atoms with Gasteiger partial charge in [-0.05, 0) is 25.1 Å². The van der Waals surface area contributed by atoms with E-state index in [9.17, 15) is 4.79 Å². The van der Waals surface area contributed by atoms with Crippen LogP contribution in [0.5, 0.6) is 0 Å². The smallest absolute Gasteiger partial charge is 0.378 e. The van der Waals surface area contributed by atoms with E-state index in [2.05, 4.69) is 20.5 Å². The quantitative estimate of drug-likeness (QED) is 0.821. The number of carbonyl (C=O) groups is 1. The Labute approximate surface area is 115 Å². The van der Waals surface area contributed by atoms with Crippen molar-refractivity contribution in [1.29, 1.82) is 0 Å². The first-order valence-corrected chi connectivity index (χ1v) is 6.14. The molecule has 0 saturated carbocycles. The maximum absolute atomic E-state index is 11.4. The molecule has 0 saturated heterocycles. The summed E-state index contributed by atoms with van der Waals surface area (Å²) in [7, 11) is 0. The Bertz CT molecular complexity index is 570. The summed E-state index contributed by atoms with van der Waals surface area (Å²) in [5.41, 5.74) is 0.863. The predicted molar refractivity (Wildman–Crippen MR) is 71.1 cm³/mol. The minimum absolute atomic E-state index is 0.0322. The molecule has 0 aliphatic heterocycles. The van der Waals surface area contributed by atoms with E-state index in [0.717, 1.165) is 5.69 Å². The van der Waals surface area contributed by atoms with Gasteiger partial charge in [0.2, 0.25) is 0 Å². The number of ether oxygens (including phenoxy) is 1. The molecule has 0 fully saturated rings. The molecule has 7 heteroatoms. The van der Waals surface area contributed by atoms with Crippen LogP contribution in [-0.4, -0.2) is 27.8 Å². The molecule has 0 bridgehead atoms. The zero-order chi connectivity index (χ0) is 13.7. The third kappa shape index (κ3) is 3.69. The van der Waals surface area contributed by atoms with Gasteiger partial charge in [-0.2, -0.15) is 0 Å². The molecule has 19 heavy (non-hydrogen) atoms. The number of halogens is 1. The Morgan fingerprint density at radius 3 is 3.11 bits per heavy atom. The normalized spacial score (nSPS) is 10.2. The number of H-pyrrole nitrogens is 1.